The lowest BCUT2D eigenvalue weighted by atomic mass is 10.1. The summed E-state index contributed by atoms with van der Waals surface area (Å²) in [5, 5.41) is 12.7. The van der Waals surface area contributed by atoms with Crippen LogP contribution < -0.4 is 4.90 Å². The molecular formula is C13H15N5O2S. The van der Waals surface area contributed by atoms with Crippen molar-refractivity contribution in [3.05, 3.63) is 23.0 Å². The van der Waals surface area contributed by atoms with E-state index in [4.69, 9.17) is 4.52 Å². The van der Waals surface area contributed by atoms with Crippen LogP contribution in [-0.4, -0.2) is 51.3 Å². The first kappa shape index (κ1) is 12.8. The highest BCUT2D eigenvalue weighted by Crippen LogP contribution is 2.36. The predicted octanol–water partition coefficient (Wildman–Crippen LogP) is 1.33. The Morgan fingerprint density at radius 1 is 1.38 bits per heavy atom. The molecule has 0 saturated carbocycles. The maximum absolute atomic E-state index is 12.6. The average Bonchev–Trinajstić information content (AvgIpc) is 3.22. The van der Waals surface area contributed by atoms with Gasteiger partial charge in [-0.25, -0.2) is 0 Å². The summed E-state index contributed by atoms with van der Waals surface area (Å²) in [6.45, 7) is 3.47. The Balaban J connectivity index is 1.56. The molecule has 4 rings (SSSR count). The minimum atomic E-state index is 0.0281. The first-order valence-corrected chi connectivity index (χ1v) is 7.88. The molecule has 2 aromatic heterocycles. The third-order valence-corrected chi connectivity index (χ3v) is 5.14. The monoisotopic (exact) mass is 305 g/mol. The third-order valence-electron chi connectivity index (χ3n) is 4.41. The topological polar surface area (TPSA) is 75.4 Å². The molecular weight excluding hydrogens is 290 g/mol. The number of carbonyl (C=O) groups excluding carboxylic acids is 1. The van der Waals surface area contributed by atoms with Crippen LogP contribution in [0.5, 0.6) is 0 Å². The predicted molar refractivity (Wildman–Crippen MR) is 76.3 cm³/mol. The van der Waals surface area contributed by atoms with E-state index in [1.54, 1.807) is 23.8 Å². The second-order valence-electron chi connectivity index (χ2n) is 5.42. The molecule has 7 nitrogen and oxygen atoms in total. The minimum absolute atomic E-state index is 0.0281. The Morgan fingerprint density at radius 2 is 2.24 bits per heavy atom. The van der Waals surface area contributed by atoms with E-state index in [2.05, 4.69) is 20.3 Å². The van der Waals surface area contributed by atoms with Crippen LogP contribution in [-0.2, 0) is 0 Å². The molecule has 0 spiro atoms. The lowest BCUT2D eigenvalue weighted by molar-refractivity contribution is 0.0736. The first-order valence-electron chi connectivity index (χ1n) is 7.01. The second-order valence-corrected chi connectivity index (χ2v) is 6.23. The van der Waals surface area contributed by atoms with Gasteiger partial charge in [0.15, 0.2) is 0 Å². The summed E-state index contributed by atoms with van der Waals surface area (Å²) in [5.74, 6) is 0.614. The van der Waals surface area contributed by atoms with Gasteiger partial charge in [0.2, 0.25) is 5.13 Å². The van der Waals surface area contributed by atoms with Crippen LogP contribution in [0, 0.1) is 6.92 Å². The van der Waals surface area contributed by atoms with Crippen LogP contribution >= 0.6 is 11.3 Å². The molecule has 2 atom stereocenters. The van der Waals surface area contributed by atoms with Gasteiger partial charge in [0.25, 0.3) is 5.91 Å². The molecule has 110 valence electrons. The van der Waals surface area contributed by atoms with Crippen LogP contribution in [0.15, 0.2) is 16.2 Å². The summed E-state index contributed by atoms with van der Waals surface area (Å²) in [6, 6.07) is 0.595. The van der Waals surface area contributed by atoms with Gasteiger partial charge in [0, 0.05) is 13.1 Å². The van der Waals surface area contributed by atoms with Gasteiger partial charge in [-0.05, 0) is 19.8 Å². The molecule has 2 aliphatic rings. The number of rotatable bonds is 2. The summed E-state index contributed by atoms with van der Waals surface area (Å²) in [7, 11) is 0. The molecule has 8 heteroatoms. The van der Waals surface area contributed by atoms with Gasteiger partial charge < -0.3 is 14.3 Å². The molecule has 0 aromatic carbocycles. The van der Waals surface area contributed by atoms with Gasteiger partial charge in [-0.1, -0.05) is 16.5 Å². The zero-order valence-corrected chi connectivity index (χ0v) is 12.4. The average molecular weight is 305 g/mol. The van der Waals surface area contributed by atoms with Crippen molar-refractivity contribution in [1.82, 2.24) is 20.3 Å². The normalized spacial score (nSPS) is 24.6. The van der Waals surface area contributed by atoms with Crippen LogP contribution in [0.25, 0.3) is 0 Å². The number of anilines is 1. The van der Waals surface area contributed by atoms with E-state index in [0.29, 0.717) is 17.4 Å². The molecule has 1 amide bonds. The standard InChI is InChI=1S/C13H15N5O2S/c1-8-9(6-15-20-8)12(19)17-4-2-11-10(17)3-5-18(11)13-16-14-7-21-13/h6-7,10-11H,2-5H2,1H3/t10-,11+/m0/s1. The van der Waals surface area contributed by atoms with Crippen molar-refractivity contribution in [2.45, 2.75) is 31.8 Å². The van der Waals surface area contributed by atoms with Crippen molar-refractivity contribution in [2.75, 3.05) is 18.0 Å². The van der Waals surface area contributed by atoms with E-state index in [0.717, 1.165) is 31.1 Å². The SMILES string of the molecule is Cc1oncc1C(=O)N1CC[C@@H]2[C@@H]1CCN2c1nncs1. The fraction of sp³-hybridized carbons (Fsp3) is 0.538. The summed E-state index contributed by atoms with van der Waals surface area (Å²) >= 11 is 1.55. The molecule has 0 N–H and O–H groups in total. The van der Waals surface area contributed by atoms with E-state index in [1.165, 1.54) is 6.20 Å². The Morgan fingerprint density at radius 3 is 2.95 bits per heavy atom. The molecule has 2 aromatic rings. The first-order chi connectivity index (χ1) is 10.3. The van der Waals surface area contributed by atoms with Gasteiger partial charge in [0.05, 0.1) is 18.3 Å². The number of fused-ring (bicyclic) bond motifs is 1. The fourth-order valence-corrected chi connectivity index (χ4v) is 4.07. The van der Waals surface area contributed by atoms with E-state index >= 15 is 0 Å². The number of aryl methyl sites for hydroxylation is 1. The van der Waals surface area contributed by atoms with Crippen LogP contribution in [0.4, 0.5) is 5.13 Å². The van der Waals surface area contributed by atoms with Crippen molar-refractivity contribution >= 4 is 22.4 Å². The lowest BCUT2D eigenvalue weighted by Crippen LogP contribution is -2.39. The fourth-order valence-electron chi connectivity index (χ4n) is 3.43. The van der Waals surface area contributed by atoms with Gasteiger partial charge in [-0.15, -0.1) is 10.2 Å². The van der Waals surface area contributed by atoms with Crippen LogP contribution in [0.3, 0.4) is 0 Å². The van der Waals surface area contributed by atoms with Crippen molar-refractivity contribution < 1.29 is 9.32 Å². The van der Waals surface area contributed by atoms with E-state index in [9.17, 15) is 4.79 Å². The van der Waals surface area contributed by atoms with Crippen molar-refractivity contribution in [2.24, 2.45) is 0 Å². The van der Waals surface area contributed by atoms with Gasteiger partial charge in [-0.3, -0.25) is 4.79 Å². The summed E-state index contributed by atoms with van der Waals surface area (Å²) in [4.78, 5) is 16.9. The molecule has 4 heterocycles. The lowest BCUT2D eigenvalue weighted by Gasteiger charge is -2.24. The number of hydrogen-bond donors (Lipinski definition) is 0. The smallest absolute Gasteiger partial charge is 0.259 e. The third kappa shape index (κ3) is 1.93. The zero-order valence-electron chi connectivity index (χ0n) is 11.6. The Hall–Kier alpha value is -1.96. The van der Waals surface area contributed by atoms with E-state index in [1.807, 2.05) is 4.90 Å². The number of nitrogens with zero attached hydrogens (tertiary/aromatic N) is 5. The maximum Gasteiger partial charge on any atom is 0.259 e. The largest absolute Gasteiger partial charge is 0.361 e. The minimum Gasteiger partial charge on any atom is -0.361 e. The van der Waals surface area contributed by atoms with Crippen molar-refractivity contribution in [1.29, 1.82) is 0 Å². The van der Waals surface area contributed by atoms with Gasteiger partial charge in [-0.2, -0.15) is 0 Å². The van der Waals surface area contributed by atoms with Gasteiger partial charge >= 0.3 is 0 Å². The molecule has 0 bridgehead atoms. The van der Waals surface area contributed by atoms with E-state index in [-0.39, 0.29) is 11.9 Å². The summed E-state index contributed by atoms with van der Waals surface area (Å²) in [5.41, 5.74) is 2.33. The zero-order chi connectivity index (χ0) is 14.4. The second kappa shape index (κ2) is 4.80. The Bertz CT molecular complexity index is 655. The quantitative estimate of drug-likeness (QED) is 0.833. The molecule has 2 saturated heterocycles. The van der Waals surface area contributed by atoms with Gasteiger partial charge in [0.1, 0.15) is 16.8 Å². The number of aromatic nitrogens is 3. The maximum atomic E-state index is 12.6. The molecule has 0 unspecified atom stereocenters. The summed E-state index contributed by atoms with van der Waals surface area (Å²) < 4.78 is 5.01. The number of likely N-dealkylation sites (tertiary alicyclic amines) is 1. The summed E-state index contributed by atoms with van der Waals surface area (Å²) in [6.07, 6.45) is 3.46. The Labute approximate surface area is 125 Å². The molecule has 21 heavy (non-hydrogen) atoms. The molecule has 0 radical (unpaired) electrons. The Kier molecular flexibility index (Phi) is 2.91. The highest BCUT2D eigenvalue weighted by atomic mass is 32.1. The van der Waals surface area contributed by atoms with Crippen molar-refractivity contribution in [3.63, 3.8) is 0 Å². The molecule has 2 fully saturated rings. The molecule has 2 aliphatic heterocycles. The van der Waals surface area contributed by atoms with Crippen molar-refractivity contribution in [3.8, 4) is 0 Å². The number of carbonyl (C=O) groups is 1. The highest BCUT2D eigenvalue weighted by Gasteiger charge is 2.45. The number of hydrogen-bond acceptors (Lipinski definition) is 7. The number of amides is 1. The van der Waals surface area contributed by atoms with Crippen LogP contribution in [0.1, 0.15) is 29.0 Å². The highest BCUT2D eigenvalue weighted by molar-refractivity contribution is 7.13. The van der Waals surface area contributed by atoms with E-state index < -0.39 is 0 Å². The molecule has 0 aliphatic carbocycles. The van der Waals surface area contributed by atoms with Crippen LogP contribution in [0.2, 0.25) is 0 Å².